The van der Waals surface area contributed by atoms with Crippen LogP contribution in [0.15, 0.2) is 30.3 Å². The van der Waals surface area contributed by atoms with Crippen molar-refractivity contribution in [2.75, 3.05) is 14.2 Å². The molecule has 1 amide bonds. The first-order valence-electron chi connectivity index (χ1n) is 7.04. The number of rotatable bonds is 8. The summed E-state index contributed by atoms with van der Waals surface area (Å²) in [6.45, 7) is 0. The van der Waals surface area contributed by atoms with Crippen molar-refractivity contribution >= 4 is 17.8 Å². The minimum absolute atomic E-state index is 0.0189. The van der Waals surface area contributed by atoms with E-state index in [1.807, 2.05) is 30.3 Å². The number of carbonyl (C=O) groups is 3. The zero-order chi connectivity index (χ0) is 16.4. The third kappa shape index (κ3) is 6.39. The summed E-state index contributed by atoms with van der Waals surface area (Å²) in [6, 6.07) is 8.92. The lowest BCUT2D eigenvalue weighted by Crippen LogP contribution is -2.42. The van der Waals surface area contributed by atoms with Crippen LogP contribution in [0.5, 0.6) is 0 Å². The van der Waals surface area contributed by atoms with Crippen LogP contribution in [0.2, 0.25) is 0 Å². The normalized spacial score (nSPS) is 11.4. The molecule has 6 heteroatoms. The molecule has 22 heavy (non-hydrogen) atoms. The van der Waals surface area contributed by atoms with E-state index in [-0.39, 0.29) is 18.7 Å². The number of hydrogen-bond donors (Lipinski definition) is 1. The maximum absolute atomic E-state index is 11.8. The summed E-state index contributed by atoms with van der Waals surface area (Å²) in [6.07, 6.45) is 1.03. The Bertz CT molecular complexity index is 501. The van der Waals surface area contributed by atoms with Crippen molar-refractivity contribution in [3.63, 3.8) is 0 Å². The van der Waals surface area contributed by atoms with Crippen LogP contribution < -0.4 is 5.32 Å². The molecule has 0 unspecified atom stereocenters. The average molecular weight is 307 g/mol. The average Bonchev–Trinajstić information content (AvgIpc) is 2.56. The molecular weight excluding hydrogens is 286 g/mol. The zero-order valence-electron chi connectivity index (χ0n) is 12.8. The summed E-state index contributed by atoms with van der Waals surface area (Å²) in [5.41, 5.74) is 1.07. The number of methoxy groups -OCH3 is 2. The van der Waals surface area contributed by atoms with Gasteiger partial charge in [0.1, 0.15) is 6.04 Å². The molecule has 0 saturated carbocycles. The van der Waals surface area contributed by atoms with Crippen molar-refractivity contribution in [1.29, 1.82) is 0 Å². The van der Waals surface area contributed by atoms with Gasteiger partial charge in [0, 0.05) is 6.42 Å². The lowest BCUT2D eigenvalue weighted by Gasteiger charge is -2.16. The minimum Gasteiger partial charge on any atom is -0.469 e. The van der Waals surface area contributed by atoms with E-state index >= 15 is 0 Å². The fourth-order valence-electron chi connectivity index (χ4n) is 1.93. The molecule has 0 spiro atoms. The SMILES string of the molecule is COC(=O)CCC(=O)N[C@@H](CCc1ccccc1)C(=O)OC. The van der Waals surface area contributed by atoms with Gasteiger partial charge >= 0.3 is 11.9 Å². The predicted molar refractivity (Wildman–Crippen MR) is 80.0 cm³/mol. The van der Waals surface area contributed by atoms with Gasteiger partial charge in [-0.3, -0.25) is 9.59 Å². The molecule has 1 atom stereocenters. The first-order chi connectivity index (χ1) is 10.6. The second-order valence-electron chi connectivity index (χ2n) is 4.74. The number of ether oxygens (including phenoxy) is 2. The fourth-order valence-corrected chi connectivity index (χ4v) is 1.93. The molecular formula is C16H21NO5. The van der Waals surface area contributed by atoms with E-state index in [9.17, 15) is 14.4 Å². The fraction of sp³-hybridized carbons (Fsp3) is 0.438. The van der Waals surface area contributed by atoms with Crippen LogP contribution in [0.1, 0.15) is 24.8 Å². The lowest BCUT2D eigenvalue weighted by molar-refractivity contribution is -0.145. The molecule has 0 fully saturated rings. The smallest absolute Gasteiger partial charge is 0.328 e. The quantitative estimate of drug-likeness (QED) is 0.731. The Hall–Kier alpha value is -2.37. The van der Waals surface area contributed by atoms with Crippen LogP contribution in [0.25, 0.3) is 0 Å². The van der Waals surface area contributed by atoms with Crippen LogP contribution in [-0.2, 0) is 30.3 Å². The highest BCUT2D eigenvalue weighted by Gasteiger charge is 2.21. The Balaban J connectivity index is 2.51. The van der Waals surface area contributed by atoms with Crippen molar-refractivity contribution in [3.05, 3.63) is 35.9 Å². The summed E-state index contributed by atoms with van der Waals surface area (Å²) >= 11 is 0. The van der Waals surface area contributed by atoms with Crippen molar-refractivity contribution < 1.29 is 23.9 Å². The Morgan fingerprint density at radius 1 is 1.05 bits per heavy atom. The van der Waals surface area contributed by atoms with Gasteiger partial charge in [0.25, 0.3) is 0 Å². The Morgan fingerprint density at radius 2 is 1.73 bits per heavy atom. The van der Waals surface area contributed by atoms with Crippen LogP contribution in [0.3, 0.4) is 0 Å². The molecule has 1 N–H and O–H groups in total. The number of benzene rings is 1. The van der Waals surface area contributed by atoms with Crippen LogP contribution in [0.4, 0.5) is 0 Å². The Morgan fingerprint density at radius 3 is 2.32 bits per heavy atom. The van der Waals surface area contributed by atoms with Gasteiger partial charge in [-0.2, -0.15) is 0 Å². The van der Waals surface area contributed by atoms with Crippen molar-refractivity contribution in [3.8, 4) is 0 Å². The molecule has 0 aliphatic carbocycles. The molecule has 0 aliphatic heterocycles. The predicted octanol–water partition coefficient (Wildman–Crippen LogP) is 1.23. The van der Waals surface area contributed by atoms with Crippen LogP contribution in [0, 0.1) is 0 Å². The topological polar surface area (TPSA) is 81.7 Å². The molecule has 0 radical (unpaired) electrons. The maximum Gasteiger partial charge on any atom is 0.328 e. The van der Waals surface area contributed by atoms with Gasteiger partial charge in [-0.05, 0) is 18.4 Å². The molecule has 0 heterocycles. The van der Waals surface area contributed by atoms with Crippen molar-refractivity contribution in [2.24, 2.45) is 0 Å². The van der Waals surface area contributed by atoms with Gasteiger partial charge in [0.2, 0.25) is 5.91 Å². The van der Waals surface area contributed by atoms with Gasteiger partial charge in [0.05, 0.1) is 20.6 Å². The first-order valence-corrected chi connectivity index (χ1v) is 7.04. The van der Waals surface area contributed by atoms with E-state index < -0.39 is 18.0 Å². The number of aryl methyl sites for hydroxylation is 1. The first kappa shape index (κ1) is 17.7. The molecule has 0 saturated heterocycles. The second-order valence-corrected chi connectivity index (χ2v) is 4.74. The highest BCUT2D eigenvalue weighted by atomic mass is 16.5. The van der Waals surface area contributed by atoms with E-state index in [0.717, 1.165) is 5.56 Å². The van der Waals surface area contributed by atoms with E-state index in [4.69, 9.17) is 4.74 Å². The third-order valence-electron chi connectivity index (χ3n) is 3.17. The monoisotopic (exact) mass is 307 g/mol. The largest absolute Gasteiger partial charge is 0.469 e. The zero-order valence-corrected chi connectivity index (χ0v) is 12.8. The van der Waals surface area contributed by atoms with Gasteiger partial charge in [-0.1, -0.05) is 30.3 Å². The summed E-state index contributed by atoms with van der Waals surface area (Å²) in [4.78, 5) is 34.5. The number of nitrogens with one attached hydrogen (secondary N) is 1. The summed E-state index contributed by atoms with van der Waals surface area (Å²) in [7, 11) is 2.54. The van der Waals surface area contributed by atoms with Gasteiger partial charge in [-0.15, -0.1) is 0 Å². The van der Waals surface area contributed by atoms with Crippen LogP contribution in [-0.4, -0.2) is 38.1 Å². The number of amides is 1. The number of esters is 2. The second kappa shape index (κ2) is 9.55. The maximum atomic E-state index is 11.8. The lowest BCUT2D eigenvalue weighted by atomic mass is 10.0. The number of hydrogen-bond acceptors (Lipinski definition) is 5. The van der Waals surface area contributed by atoms with Gasteiger partial charge < -0.3 is 14.8 Å². The summed E-state index contributed by atoms with van der Waals surface area (Å²) in [5, 5.41) is 2.60. The van der Waals surface area contributed by atoms with Crippen molar-refractivity contribution in [1.82, 2.24) is 5.32 Å². The summed E-state index contributed by atoms with van der Waals surface area (Å²) in [5.74, 6) is -1.34. The highest BCUT2D eigenvalue weighted by Crippen LogP contribution is 2.07. The molecule has 0 aliphatic rings. The third-order valence-corrected chi connectivity index (χ3v) is 3.17. The summed E-state index contributed by atoms with van der Waals surface area (Å²) < 4.78 is 9.17. The Labute approximate surface area is 129 Å². The molecule has 120 valence electrons. The van der Waals surface area contributed by atoms with E-state index in [0.29, 0.717) is 12.8 Å². The molecule has 1 aromatic carbocycles. The standard InChI is InChI=1S/C16H21NO5/c1-21-15(19)11-10-14(18)17-13(16(20)22-2)9-8-12-6-4-3-5-7-12/h3-7,13H,8-11H2,1-2H3,(H,17,18)/t13-/m0/s1. The molecule has 0 bridgehead atoms. The number of carbonyl (C=O) groups excluding carboxylic acids is 3. The van der Waals surface area contributed by atoms with Crippen LogP contribution >= 0.6 is 0 Å². The molecule has 1 rings (SSSR count). The molecule has 1 aromatic rings. The van der Waals surface area contributed by atoms with Gasteiger partial charge in [-0.25, -0.2) is 4.79 Å². The van der Waals surface area contributed by atoms with E-state index in [1.165, 1.54) is 14.2 Å². The van der Waals surface area contributed by atoms with E-state index in [2.05, 4.69) is 10.1 Å². The minimum atomic E-state index is -0.727. The Kier molecular flexibility index (Phi) is 7.67. The highest BCUT2D eigenvalue weighted by molar-refractivity contribution is 5.86. The van der Waals surface area contributed by atoms with E-state index in [1.54, 1.807) is 0 Å². The molecule has 0 aromatic heterocycles. The van der Waals surface area contributed by atoms with Gasteiger partial charge in [0.15, 0.2) is 0 Å². The van der Waals surface area contributed by atoms with Crippen molar-refractivity contribution in [2.45, 2.75) is 31.7 Å². The molecule has 6 nitrogen and oxygen atoms in total.